The minimum atomic E-state index is -1.11. The van der Waals surface area contributed by atoms with Gasteiger partial charge in [-0.3, -0.25) is 24.2 Å². The van der Waals surface area contributed by atoms with E-state index in [0.29, 0.717) is 11.2 Å². The van der Waals surface area contributed by atoms with Gasteiger partial charge in [-0.1, -0.05) is 0 Å². The van der Waals surface area contributed by atoms with Gasteiger partial charge in [0.25, 0.3) is 5.56 Å². The van der Waals surface area contributed by atoms with E-state index in [2.05, 4.69) is 44.3 Å². The highest BCUT2D eigenvalue weighted by Gasteiger charge is 2.48. The van der Waals surface area contributed by atoms with Crippen LogP contribution in [0.4, 0.5) is 11.8 Å². The Balaban J connectivity index is 1.11. The predicted molar refractivity (Wildman–Crippen MR) is 146 cm³/mol. The lowest BCUT2D eigenvalue weighted by Gasteiger charge is -2.21. The molecule has 0 amide bonds. The maximum Gasteiger partial charge on any atom is 0.280 e. The van der Waals surface area contributed by atoms with Crippen LogP contribution < -0.4 is 22.8 Å². The van der Waals surface area contributed by atoms with Gasteiger partial charge in [0, 0.05) is 15.4 Å². The van der Waals surface area contributed by atoms with Gasteiger partial charge in [-0.2, -0.15) is 4.98 Å². The third-order valence-corrected chi connectivity index (χ3v) is 7.84. The number of rotatable bonds is 10. The predicted octanol–water partition coefficient (Wildman–Crippen LogP) is -1.61. The number of nitrogen functional groups attached to an aromatic ring is 2. The highest BCUT2D eigenvalue weighted by molar-refractivity contribution is 7.26. The highest BCUT2D eigenvalue weighted by Crippen LogP contribution is 2.39. The summed E-state index contributed by atoms with van der Waals surface area (Å²) in [5, 5.41) is 20.7. The lowest BCUT2D eigenvalue weighted by Crippen LogP contribution is -2.41. The van der Waals surface area contributed by atoms with Crippen LogP contribution in [0.3, 0.4) is 0 Å². The summed E-state index contributed by atoms with van der Waals surface area (Å²) < 4.78 is 31.5. The second kappa shape index (κ2) is 11.9. The number of anilines is 2. The molecule has 4 aromatic rings. The second-order valence-corrected chi connectivity index (χ2v) is 10.5. The molecule has 4 aromatic heterocycles. The fourth-order valence-electron chi connectivity index (χ4n) is 4.99. The van der Waals surface area contributed by atoms with Crippen molar-refractivity contribution in [2.45, 2.75) is 43.1 Å². The smallest absolute Gasteiger partial charge is 0.280 e. The zero-order chi connectivity index (χ0) is 29.5. The maximum absolute atomic E-state index is 12.1. The molecule has 226 valence electrons. The molecule has 9 N–H and O–H groups in total. The molecule has 6 heterocycles. The zero-order valence-electron chi connectivity index (χ0n) is 21.5. The normalized spacial score (nSPS) is 30.0. The summed E-state index contributed by atoms with van der Waals surface area (Å²) in [6.45, 7) is 0.163. The number of H-pyrrole nitrogens is 1. The van der Waals surface area contributed by atoms with Crippen LogP contribution in [-0.2, 0) is 27.9 Å². The number of aliphatic hydroxyl groups excluding tert-OH is 1. The second-order valence-electron chi connectivity index (χ2n) is 9.47. The first-order valence-corrected chi connectivity index (χ1v) is 13.6. The molecule has 22 heteroatoms. The van der Waals surface area contributed by atoms with Crippen molar-refractivity contribution >= 4 is 52.6 Å². The quantitative estimate of drug-likeness (QED) is 0.0499. The Hall–Kier alpha value is -3.00. The molecule has 0 aromatic carbocycles. The van der Waals surface area contributed by atoms with E-state index in [4.69, 9.17) is 40.2 Å². The van der Waals surface area contributed by atoms with Gasteiger partial charge < -0.3 is 45.4 Å². The molecule has 0 saturated carbocycles. The molecule has 2 aliphatic heterocycles. The van der Waals surface area contributed by atoms with Gasteiger partial charge in [0.2, 0.25) is 5.95 Å². The van der Waals surface area contributed by atoms with Crippen molar-refractivity contribution in [3.63, 3.8) is 0 Å². The number of fused-ring (bicyclic) bond motifs is 2. The van der Waals surface area contributed by atoms with Crippen molar-refractivity contribution in [1.82, 2.24) is 39.0 Å². The van der Waals surface area contributed by atoms with E-state index in [1.807, 2.05) is 0 Å². The number of nitrogens with one attached hydrogen (secondary N) is 1. The van der Waals surface area contributed by atoms with Crippen LogP contribution in [0.15, 0.2) is 23.8 Å². The largest absolute Gasteiger partial charge is 0.388 e. The maximum atomic E-state index is 12.1. The van der Waals surface area contributed by atoms with Crippen molar-refractivity contribution < 1.29 is 38.3 Å². The highest BCUT2D eigenvalue weighted by atomic mass is 31.1. The number of hydrogen-bond donors (Lipinski definition) is 6. The van der Waals surface area contributed by atoms with E-state index in [-0.39, 0.29) is 36.1 Å². The Morgan fingerprint density at radius 2 is 1.83 bits per heavy atom. The average molecular weight is 627 g/mol. The SMILES string of the molecule is Nc1nc2c(ncn2[C@@H]2OC(OPOC[C@H]3[C@@H](O)[C@H](n4cnc5c(N)ncnc54)O[C@@H]3COP)[C@@H](N)[C@H]2OO)c(=O)[nH]1. The van der Waals surface area contributed by atoms with Gasteiger partial charge in [-0.05, 0) is 0 Å². The number of aromatic amines is 1. The third-order valence-electron chi connectivity index (χ3n) is 7.04. The fraction of sp³-hybridized carbons (Fsp3) is 0.500. The molecule has 42 heavy (non-hydrogen) atoms. The Bertz CT molecular complexity index is 1620. The molecule has 2 aliphatic rings. The number of aromatic nitrogens is 8. The number of imidazole rings is 2. The summed E-state index contributed by atoms with van der Waals surface area (Å²) in [5.41, 5.74) is 18.1. The van der Waals surface area contributed by atoms with Gasteiger partial charge in [0.05, 0.1) is 38.0 Å². The Kier molecular flexibility index (Phi) is 8.27. The summed E-state index contributed by atoms with van der Waals surface area (Å²) in [6, 6.07) is -0.972. The van der Waals surface area contributed by atoms with Crippen LogP contribution in [-0.4, -0.2) is 93.3 Å². The first-order chi connectivity index (χ1) is 20.3. The van der Waals surface area contributed by atoms with Crippen LogP contribution in [0.25, 0.3) is 22.3 Å². The van der Waals surface area contributed by atoms with Crippen molar-refractivity contribution in [1.29, 1.82) is 0 Å². The zero-order valence-corrected chi connectivity index (χ0v) is 23.6. The number of hydrogen-bond acceptors (Lipinski definition) is 17. The molecule has 6 rings (SSSR count). The molecule has 0 bridgehead atoms. The monoisotopic (exact) mass is 627 g/mol. The van der Waals surface area contributed by atoms with E-state index in [1.165, 1.54) is 23.5 Å². The van der Waals surface area contributed by atoms with Crippen LogP contribution in [0, 0.1) is 5.92 Å². The van der Waals surface area contributed by atoms with Crippen LogP contribution in [0.2, 0.25) is 0 Å². The first-order valence-electron chi connectivity index (χ1n) is 12.4. The summed E-state index contributed by atoms with van der Waals surface area (Å²) in [6.07, 6.45) is -1.65. The molecular weight excluding hydrogens is 600 g/mol. The van der Waals surface area contributed by atoms with Gasteiger partial charge >= 0.3 is 0 Å². The molecule has 0 spiro atoms. The van der Waals surface area contributed by atoms with E-state index in [1.54, 1.807) is 4.57 Å². The van der Waals surface area contributed by atoms with E-state index in [9.17, 15) is 15.2 Å². The van der Waals surface area contributed by atoms with E-state index < -0.39 is 63.6 Å². The average Bonchev–Trinajstić information content (AvgIpc) is 3.72. The van der Waals surface area contributed by atoms with Gasteiger partial charge in [0.1, 0.15) is 17.9 Å². The van der Waals surface area contributed by atoms with Crippen LogP contribution >= 0.6 is 18.5 Å². The van der Waals surface area contributed by atoms with Gasteiger partial charge in [0.15, 0.2) is 56.5 Å². The van der Waals surface area contributed by atoms with Crippen molar-refractivity contribution in [3.05, 3.63) is 29.3 Å². The van der Waals surface area contributed by atoms with Crippen LogP contribution in [0.1, 0.15) is 12.5 Å². The van der Waals surface area contributed by atoms with Gasteiger partial charge in [-0.25, -0.2) is 24.8 Å². The minimum Gasteiger partial charge on any atom is -0.388 e. The van der Waals surface area contributed by atoms with Crippen LogP contribution in [0.5, 0.6) is 0 Å². The van der Waals surface area contributed by atoms with Gasteiger partial charge in [-0.15, -0.1) is 0 Å². The molecule has 2 fully saturated rings. The summed E-state index contributed by atoms with van der Waals surface area (Å²) in [5.74, 6) is -0.465. The van der Waals surface area contributed by atoms with Crippen molar-refractivity contribution in [2.24, 2.45) is 11.7 Å². The van der Waals surface area contributed by atoms with Crippen molar-refractivity contribution in [3.8, 4) is 0 Å². The number of nitrogens with two attached hydrogens (primary N) is 3. The third kappa shape index (κ3) is 5.10. The minimum absolute atomic E-state index is 0.00639. The van der Waals surface area contributed by atoms with E-state index in [0.717, 1.165) is 0 Å². The van der Waals surface area contributed by atoms with E-state index >= 15 is 0 Å². The first kappa shape index (κ1) is 29.1. The topological polar surface area (TPSA) is 281 Å². The molecule has 3 unspecified atom stereocenters. The standard InChI is InChI=1S/C20H27N11O9P2/c21-8-12(39-34)18(31-5-27-10-15(31)28-20(23)29-16(10)33)38-19(8)40-42-36-1-6-7(2-35-41)37-17(11(6)32)30-4-26-9-13(22)24-3-25-14(9)30/h3-8,11-12,17-19,32,34,42H,1-2,21,41H2,(H2,22,24,25)(H3,23,28,29,33)/t6-,7-,8+,11-,12-,17-,18-,19?/m1/s1. The Labute approximate surface area is 239 Å². The number of ether oxygens (including phenoxy) is 2. The molecule has 20 nitrogen and oxygen atoms in total. The number of nitrogens with zero attached hydrogens (tertiary/aromatic N) is 7. The summed E-state index contributed by atoms with van der Waals surface area (Å²) in [7, 11) is 1.55. The van der Waals surface area contributed by atoms with Crippen molar-refractivity contribution in [2.75, 3.05) is 24.7 Å². The summed E-state index contributed by atoms with van der Waals surface area (Å²) >= 11 is 0. The molecule has 0 radical (unpaired) electrons. The molecule has 0 aliphatic carbocycles. The molecular formula is C20H27N11O9P2. The lowest BCUT2D eigenvalue weighted by molar-refractivity contribution is -0.295. The lowest BCUT2D eigenvalue weighted by atomic mass is 9.99. The molecule has 10 atom stereocenters. The Morgan fingerprint density at radius 3 is 2.60 bits per heavy atom. The molecule has 2 saturated heterocycles. The Morgan fingerprint density at radius 1 is 1.07 bits per heavy atom. The summed E-state index contributed by atoms with van der Waals surface area (Å²) in [4.78, 5) is 39.6. The fourth-order valence-corrected chi connectivity index (χ4v) is 5.81. The number of aliphatic hydroxyl groups is 1.